The van der Waals surface area contributed by atoms with Crippen LogP contribution in [-0.2, 0) is 14.4 Å². The number of carbonyl (C=O) groups is 2. The molecule has 0 unspecified atom stereocenters. The first-order chi connectivity index (χ1) is 8.99. The Balaban J connectivity index is 3.09. The minimum absolute atomic E-state index is 0.0369. The summed E-state index contributed by atoms with van der Waals surface area (Å²) in [5.74, 6) is -0.621. The van der Waals surface area contributed by atoms with Crippen LogP contribution in [0.3, 0.4) is 0 Å². The van der Waals surface area contributed by atoms with Gasteiger partial charge in [-0.25, -0.2) is 4.79 Å². The molecule has 0 spiro atoms. The Morgan fingerprint density at radius 1 is 1.26 bits per heavy atom. The van der Waals surface area contributed by atoms with E-state index in [0.29, 0.717) is 5.56 Å². The fraction of sp³-hybridized carbons (Fsp3) is 0.308. The number of ether oxygens (including phenoxy) is 1. The van der Waals surface area contributed by atoms with Crippen LogP contribution in [-0.4, -0.2) is 31.0 Å². The molecule has 0 atom stereocenters. The Morgan fingerprint density at radius 3 is 2.47 bits per heavy atom. The molecule has 19 heavy (non-hydrogen) atoms. The number of hydrogen-bond acceptors (Lipinski definition) is 6. The number of benzene rings is 1. The summed E-state index contributed by atoms with van der Waals surface area (Å²) in [6.45, 7) is 3.37. The zero-order valence-electron chi connectivity index (χ0n) is 11.2. The Bertz CT molecular complexity index is 525. The summed E-state index contributed by atoms with van der Waals surface area (Å²) in [5.41, 5.74) is 1.51. The van der Waals surface area contributed by atoms with E-state index in [9.17, 15) is 9.59 Å². The summed E-state index contributed by atoms with van der Waals surface area (Å²) >= 11 is 1.10. The van der Waals surface area contributed by atoms with Crippen LogP contribution in [0.1, 0.15) is 22.8 Å². The van der Waals surface area contributed by atoms with Crippen LogP contribution < -0.4 is 0 Å². The van der Waals surface area contributed by atoms with Gasteiger partial charge in [-0.3, -0.25) is 4.79 Å². The summed E-state index contributed by atoms with van der Waals surface area (Å²) in [6.07, 6.45) is 0. The second-order valence-corrected chi connectivity index (χ2v) is 4.74. The zero-order valence-corrected chi connectivity index (χ0v) is 12.0. The predicted octanol–water partition coefficient (Wildman–Crippen LogP) is 2.42. The summed E-state index contributed by atoms with van der Waals surface area (Å²) < 4.78 is 4.62. The van der Waals surface area contributed by atoms with Gasteiger partial charge in [0, 0.05) is 10.5 Å². The number of nitrogens with zero attached hydrogens (tertiary/aromatic N) is 1. The van der Waals surface area contributed by atoms with Gasteiger partial charge in [-0.05, 0) is 25.5 Å². The number of rotatable bonds is 3. The third kappa shape index (κ3) is 4.10. The van der Waals surface area contributed by atoms with Crippen molar-refractivity contribution in [2.45, 2.75) is 18.7 Å². The maximum Gasteiger partial charge on any atom is 0.367 e. The molecule has 0 fully saturated rings. The van der Waals surface area contributed by atoms with E-state index in [1.54, 1.807) is 12.1 Å². The molecule has 0 N–H and O–H groups in total. The van der Waals surface area contributed by atoms with Gasteiger partial charge >= 0.3 is 5.97 Å². The Kier molecular flexibility index (Phi) is 5.57. The quantitative estimate of drug-likeness (QED) is 0.213. The van der Waals surface area contributed by atoms with Gasteiger partial charge in [-0.15, -0.1) is 0 Å². The van der Waals surface area contributed by atoms with Gasteiger partial charge in [0.05, 0.1) is 7.11 Å². The van der Waals surface area contributed by atoms with Crippen molar-refractivity contribution >= 4 is 28.6 Å². The van der Waals surface area contributed by atoms with E-state index in [1.807, 2.05) is 13.0 Å². The third-order valence-electron chi connectivity index (χ3n) is 2.34. The fourth-order valence-corrected chi connectivity index (χ4v) is 2.20. The second kappa shape index (κ2) is 6.94. The molecule has 0 saturated carbocycles. The normalized spacial score (nSPS) is 11.1. The highest BCUT2D eigenvalue weighted by Gasteiger charge is 2.16. The van der Waals surface area contributed by atoms with Crippen molar-refractivity contribution in [1.29, 1.82) is 0 Å². The Labute approximate surface area is 116 Å². The number of esters is 1. The molecule has 1 aromatic rings. The molecule has 0 aliphatic rings. The number of aryl methyl sites for hydroxylation is 1. The lowest BCUT2D eigenvalue weighted by atomic mass is 10.1. The van der Waals surface area contributed by atoms with Gasteiger partial charge in [0.1, 0.15) is 7.11 Å². The van der Waals surface area contributed by atoms with Crippen LogP contribution in [0.5, 0.6) is 0 Å². The van der Waals surface area contributed by atoms with E-state index in [1.165, 1.54) is 21.1 Å². The highest BCUT2D eigenvalue weighted by molar-refractivity contribution is 8.15. The molecule has 0 aliphatic heterocycles. The van der Waals surface area contributed by atoms with Crippen LogP contribution >= 0.6 is 11.8 Å². The molecule has 0 radical (unpaired) electrons. The highest BCUT2D eigenvalue weighted by atomic mass is 32.2. The van der Waals surface area contributed by atoms with Crippen molar-refractivity contribution in [2.24, 2.45) is 5.16 Å². The van der Waals surface area contributed by atoms with Crippen LogP contribution in [0.4, 0.5) is 0 Å². The lowest BCUT2D eigenvalue weighted by Gasteiger charge is -2.07. The lowest BCUT2D eigenvalue weighted by molar-refractivity contribution is -0.132. The number of hydrogen-bond donors (Lipinski definition) is 0. The molecule has 0 bridgehead atoms. The van der Waals surface area contributed by atoms with E-state index in [-0.39, 0.29) is 10.8 Å². The van der Waals surface area contributed by atoms with Gasteiger partial charge in [0.2, 0.25) is 5.04 Å². The van der Waals surface area contributed by atoms with E-state index >= 15 is 0 Å². The predicted molar refractivity (Wildman–Crippen MR) is 73.5 cm³/mol. The van der Waals surface area contributed by atoms with Crippen LogP contribution in [0.2, 0.25) is 0 Å². The number of thioether (sulfide) groups is 1. The summed E-state index contributed by atoms with van der Waals surface area (Å²) in [6, 6.07) is 5.28. The van der Waals surface area contributed by atoms with E-state index in [0.717, 1.165) is 22.2 Å². The molecule has 5 nitrogen and oxygen atoms in total. The summed E-state index contributed by atoms with van der Waals surface area (Å²) in [4.78, 5) is 28.2. The smallest absolute Gasteiger partial charge is 0.367 e. The SMILES string of the molecule is CO/N=C(/Sc1cc(C(C)=O)ccc1C)C(=O)OC. The van der Waals surface area contributed by atoms with Gasteiger partial charge in [0.15, 0.2) is 5.78 Å². The minimum atomic E-state index is -0.584. The first kappa shape index (κ1) is 15.2. The van der Waals surface area contributed by atoms with E-state index in [4.69, 9.17) is 0 Å². The molecule has 0 aliphatic carbocycles. The van der Waals surface area contributed by atoms with Crippen molar-refractivity contribution in [3.8, 4) is 0 Å². The molecule has 102 valence electrons. The first-order valence-corrected chi connectivity index (χ1v) is 6.30. The molecular weight excluding hydrogens is 266 g/mol. The van der Waals surface area contributed by atoms with Crippen molar-refractivity contribution in [2.75, 3.05) is 14.2 Å². The molecule has 0 saturated heterocycles. The number of oxime groups is 1. The average Bonchev–Trinajstić information content (AvgIpc) is 2.39. The maximum absolute atomic E-state index is 11.5. The van der Waals surface area contributed by atoms with Crippen LogP contribution in [0.25, 0.3) is 0 Å². The third-order valence-corrected chi connectivity index (χ3v) is 3.43. The van der Waals surface area contributed by atoms with E-state index in [2.05, 4.69) is 14.7 Å². The number of carbonyl (C=O) groups excluding carboxylic acids is 2. The fourth-order valence-electron chi connectivity index (χ4n) is 1.30. The highest BCUT2D eigenvalue weighted by Crippen LogP contribution is 2.26. The minimum Gasteiger partial charge on any atom is -0.464 e. The van der Waals surface area contributed by atoms with Crippen LogP contribution in [0, 0.1) is 6.92 Å². The first-order valence-electron chi connectivity index (χ1n) is 5.48. The Hall–Kier alpha value is -1.82. The topological polar surface area (TPSA) is 65.0 Å². The standard InChI is InChI=1S/C13H15NO4S/c1-8-5-6-10(9(2)15)7-11(8)19-12(14-18-4)13(16)17-3/h5-7H,1-4H3/b14-12+. The maximum atomic E-state index is 11.5. The average molecular weight is 281 g/mol. The van der Waals surface area contributed by atoms with Crippen molar-refractivity contribution in [1.82, 2.24) is 0 Å². The second-order valence-electron chi connectivity index (χ2n) is 3.71. The lowest BCUT2D eigenvalue weighted by Crippen LogP contribution is -2.12. The van der Waals surface area contributed by atoms with Gasteiger partial charge in [-0.2, -0.15) is 0 Å². The number of Topliss-reactive ketones (excluding diaryl/α,β-unsaturated/α-hetero) is 1. The molecule has 0 heterocycles. The summed E-state index contributed by atoms with van der Waals surface area (Å²) in [5, 5.41) is 3.70. The van der Waals surface area contributed by atoms with Gasteiger partial charge < -0.3 is 9.57 Å². The van der Waals surface area contributed by atoms with Crippen molar-refractivity contribution < 1.29 is 19.2 Å². The Morgan fingerprint density at radius 2 is 1.95 bits per heavy atom. The van der Waals surface area contributed by atoms with Crippen LogP contribution in [0.15, 0.2) is 28.3 Å². The number of ketones is 1. The largest absolute Gasteiger partial charge is 0.464 e. The molecule has 1 rings (SSSR count). The van der Waals surface area contributed by atoms with Crippen molar-refractivity contribution in [3.63, 3.8) is 0 Å². The van der Waals surface area contributed by atoms with E-state index < -0.39 is 5.97 Å². The zero-order chi connectivity index (χ0) is 14.4. The molecule has 6 heteroatoms. The van der Waals surface area contributed by atoms with Gasteiger partial charge in [0.25, 0.3) is 0 Å². The van der Waals surface area contributed by atoms with Gasteiger partial charge in [-0.1, -0.05) is 29.1 Å². The molecule has 0 amide bonds. The molecule has 1 aromatic carbocycles. The summed E-state index contributed by atoms with van der Waals surface area (Å²) in [7, 11) is 2.62. The monoisotopic (exact) mass is 281 g/mol. The van der Waals surface area contributed by atoms with Crippen molar-refractivity contribution in [3.05, 3.63) is 29.3 Å². The molecular formula is C13H15NO4S. The molecule has 0 aromatic heterocycles. The number of methoxy groups -OCH3 is 1.